The second kappa shape index (κ2) is 12.5. The number of amides is 1. The highest BCUT2D eigenvalue weighted by molar-refractivity contribution is 7.32. The van der Waals surface area contributed by atoms with E-state index in [2.05, 4.69) is 43.6 Å². The Balaban J connectivity index is 1.12. The lowest BCUT2D eigenvalue weighted by atomic mass is 9.50. The van der Waals surface area contributed by atoms with Gasteiger partial charge in [-0.2, -0.15) is 0 Å². The van der Waals surface area contributed by atoms with Crippen LogP contribution in [0.25, 0.3) is 0 Å². The van der Waals surface area contributed by atoms with E-state index in [4.69, 9.17) is 9.63 Å². The molecule has 0 aromatic carbocycles. The number of aliphatic hydroxyl groups excluding tert-OH is 1. The van der Waals surface area contributed by atoms with Gasteiger partial charge in [0.25, 0.3) is 0 Å². The van der Waals surface area contributed by atoms with E-state index in [1.807, 2.05) is 0 Å². The number of allylic oxidation sites excluding steroid dienone is 1. The first kappa shape index (κ1) is 31.4. The van der Waals surface area contributed by atoms with Crippen molar-refractivity contribution in [3.8, 4) is 0 Å². The number of hydrogen-bond donors (Lipinski definition) is 3. The summed E-state index contributed by atoms with van der Waals surface area (Å²) in [6.45, 7) is 10.2. The van der Waals surface area contributed by atoms with Crippen molar-refractivity contribution in [1.29, 1.82) is 0 Å². The fourth-order valence-electron chi connectivity index (χ4n) is 10.5. The molecule has 7 nitrogen and oxygen atoms in total. The summed E-state index contributed by atoms with van der Waals surface area (Å²) in [6, 6.07) is 0. The molecule has 0 radical (unpaired) electrons. The summed E-state index contributed by atoms with van der Waals surface area (Å²) >= 11 is 0. The molecular formula is C33H55NO6P+. The molecule has 5 rings (SSSR count). The second-order valence-electron chi connectivity index (χ2n) is 15.1. The second-order valence-corrected chi connectivity index (χ2v) is 15.8. The molecule has 4 saturated carbocycles. The van der Waals surface area contributed by atoms with E-state index in [1.54, 1.807) is 5.57 Å². The van der Waals surface area contributed by atoms with Crippen molar-refractivity contribution in [2.45, 2.75) is 130 Å². The summed E-state index contributed by atoms with van der Waals surface area (Å²) in [7, 11) is -2.64. The van der Waals surface area contributed by atoms with Crippen molar-refractivity contribution in [2.24, 2.45) is 45.8 Å². The Morgan fingerprint density at radius 2 is 1.90 bits per heavy atom. The predicted octanol–water partition coefficient (Wildman–Crippen LogP) is 7.68. The normalized spacial score (nSPS) is 39.0. The molecule has 0 bridgehead atoms. The molecule has 5 aliphatic carbocycles. The summed E-state index contributed by atoms with van der Waals surface area (Å²) in [5, 5.41) is 12.7. The van der Waals surface area contributed by atoms with Crippen molar-refractivity contribution in [2.75, 3.05) is 13.2 Å². The SMILES string of the molecule is CC(C)CCC[C@@H](C)[C@H]1CC[C@H]2[C@@H]3CC=C4C[C@@H](OC(=O)NCCC(O)CCO[P+](=O)O)CC[C@@]45C[C@]35CC[C@]12C. The molecule has 0 heterocycles. The fourth-order valence-corrected chi connectivity index (χ4v) is 10.8. The van der Waals surface area contributed by atoms with Crippen LogP contribution in [0.3, 0.4) is 0 Å². The number of hydrogen-bond acceptors (Lipinski definition) is 5. The standard InChI is InChI=1S/C33H54NO6P/c1-22(2)6-5-7-23(3)27-10-11-28-29-9-8-24-20-26(12-15-32(24)21-33(29,32)17-16-31(27,28)4)40-30(36)34-18-13-25(35)14-19-39-41(37)38/h8,22-23,25-29,35H,5-7,9-21H2,1-4H3,(H-,34,36,37,38)/p+1/t23-,25?,26+,27-,28+,29+,31-,32-,33-/m1/s1. The first-order valence-electron chi connectivity index (χ1n) is 16.6. The molecule has 0 aromatic rings. The van der Waals surface area contributed by atoms with E-state index in [1.165, 1.54) is 57.8 Å². The van der Waals surface area contributed by atoms with Crippen molar-refractivity contribution >= 4 is 14.3 Å². The number of nitrogens with one attached hydrogen (secondary N) is 1. The van der Waals surface area contributed by atoms with Crippen LogP contribution in [0.15, 0.2) is 11.6 Å². The predicted molar refractivity (Wildman–Crippen MR) is 160 cm³/mol. The molecule has 3 N–H and O–H groups in total. The van der Waals surface area contributed by atoms with Gasteiger partial charge in [-0.1, -0.05) is 58.6 Å². The van der Waals surface area contributed by atoms with Gasteiger partial charge in [-0.15, -0.1) is 9.42 Å². The molecule has 232 valence electrons. The Labute approximate surface area is 248 Å². The topological polar surface area (TPSA) is 105 Å². The highest BCUT2D eigenvalue weighted by atomic mass is 31.1. The summed E-state index contributed by atoms with van der Waals surface area (Å²) in [6.07, 6.45) is 17.3. The molecule has 10 atom stereocenters. The number of rotatable bonds is 13. The molecule has 1 amide bonds. The molecule has 0 saturated heterocycles. The minimum atomic E-state index is -2.64. The number of ether oxygens (including phenoxy) is 1. The van der Waals surface area contributed by atoms with Gasteiger partial charge >= 0.3 is 14.3 Å². The molecule has 2 spiro atoms. The molecule has 8 heteroatoms. The Bertz CT molecular complexity index is 1000. The molecular weight excluding hydrogens is 537 g/mol. The van der Waals surface area contributed by atoms with Crippen LogP contribution in [0, 0.1) is 45.8 Å². The van der Waals surface area contributed by atoms with Gasteiger partial charge in [-0.3, -0.25) is 0 Å². The number of carbonyl (C=O) groups is 1. The zero-order valence-electron chi connectivity index (χ0n) is 25.9. The van der Waals surface area contributed by atoms with E-state index >= 15 is 0 Å². The maximum absolute atomic E-state index is 12.5. The monoisotopic (exact) mass is 592 g/mol. The highest BCUT2D eigenvalue weighted by Crippen LogP contribution is 2.84. The molecule has 5 aliphatic rings. The Morgan fingerprint density at radius 1 is 1.10 bits per heavy atom. The molecule has 0 aromatic heterocycles. The zero-order chi connectivity index (χ0) is 29.4. The fraction of sp³-hybridized carbons (Fsp3) is 0.909. The lowest BCUT2D eigenvalue weighted by Gasteiger charge is -2.54. The summed E-state index contributed by atoms with van der Waals surface area (Å²) in [4.78, 5) is 21.1. The molecule has 0 aliphatic heterocycles. The number of carbonyl (C=O) groups excluding carboxylic acids is 1. The van der Waals surface area contributed by atoms with Crippen molar-refractivity contribution in [3.63, 3.8) is 0 Å². The van der Waals surface area contributed by atoms with Gasteiger partial charge in [0, 0.05) is 24.0 Å². The minimum absolute atomic E-state index is 0.0106. The van der Waals surface area contributed by atoms with Gasteiger partial charge in [0.2, 0.25) is 0 Å². The smallest absolute Gasteiger partial charge is 0.446 e. The maximum atomic E-state index is 12.5. The minimum Gasteiger partial charge on any atom is -0.446 e. The summed E-state index contributed by atoms with van der Waals surface area (Å²) < 4.78 is 21.0. The third kappa shape index (κ3) is 6.17. The Kier molecular flexibility index (Phi) is 9.61. The largest absolute Gasteiger partial charge is 0.694 e. The van der Waals surface area contributed by atoms with Crippen LogP contribution in [0.5, 0.6) is 0 Å². The van der Waals surface area contributed by atoms with E-state index in [0.29, 0.717) is 29.2 Å². The van der Waals surface area contributed by atoms with E-state index < -0.39 is 20.5 Å². The summed E-state index contributed by atoms with van der Waals surface area (Å²) in [5.41, 5.74) is 2.97. The molecule has 2 unspecified atom stereocenters. The van der Waals surface area contributed by atoms with Gasteiger partial charge in [-0.05, 0) is 104 Å². The van der Waals surface area contributed by atoms with Crippen LogP contribution in [-0.4, -0.2) is 41.5 Å². The van der Waals surface area contributed by atoms with E-state index in [-0.39, 0.29) is 19.1 Å². The van der Waals surface area contributed by atoms with Crippen LogP contribution in [0.1, 0.15) is 118 Å². The van der Waals surface area contributed by atoms with Crippen molar-refractivity contribution < 1.29 is 28.6 Å². The average molecular weight is 593 g/mol. The van der Waals surface area contributed by atoms with Gasteiger partial charge < -0.3 is 15.2 Å². The van der Waals surface area contributed by atoms with Gasteiger partial charge in [0.1, 0.15) is 12.7 Å². The van der Waals surface area contributed by atoms with Gasteiger partial charge in [0.15, 0.2) is 0 Å². The van der Waals surface area contributed by atoms with Crippen LogP contribution < -0.4 is 5.32 Å². The molecule has 4 fully saturated rings. The summed E-state index contributed by atoms with van der Waals surface area (Å²) in [5.74, 6) is 4.26. The number of aliphatic hydroxyl groups is 1. The number of alkyl carbamates (subject to hydrolysis) is 1. The lowest BCUT2D eigenvalue weighted by Crippen LogP contribution is -2.47. The highest BCUT2D eigenvalue weighted by Gasteiger charge is 2.76. The van der Waals surface area contributed by atoms with Crippen LogP contribution in [0.4, 0.5) is 4.79 Å². The quantitative estimate of drug-likeness (QED) is 0.150. The third-order valence-electron chi connectivity index (χ3n) is 12.6. The maximum Gasteiger partial charge on any atom is 0.694 e. The van der Waals surface area contributed by atoms with E-state index in [9.17, 15) is 14.5 Å². The van der Waals surface area contributed by atoms with Crippen LogP contribution >= 0.6 is 8.25 Å². The Hall–Kier alpha value is -1.01. The van der Waals surface area contributed by atoms with Gasteiger partial charge in [-0.25, -0.2) is 4.79 Å². The first-order chi connectivity index (χ1) is 19.5. The zero-order valence-corrected chi connectivity index (χ0v) is 26.8. The number of fused-ring (bicyclic) bond motifs is 2. The van der Waals surface area contributed by atoms with Crippen molar-refractivity contribution in [1.82, 2.24) is 5.32 Å². The Morgan fingerprint density at radius 3 is 2.66 bits per heavy atom. The molecule has 41 heavy (non-hydrogen) atoms. The van der Waals surface area contributed by atoms with Gasteiger partial charge in [0.05, 0.1) is 6.10 Å². The third-order valence-corrected chi connectivity index (χ3v) is 13.0. The average Bonchev–Trinajstić information content (AvgIpc) is 3.44. The van der Waals surface area contributed by atoms with Crippen LogP contribution in [0.2, 0.25) is 0 Å². The van der Waals surface area contributed by atoms with Crippen molar-refractivity contribution in [3.05, 3.63) is 11.6 Å². The lowest BCUT2D eigenvalue weighted by molar-refractivity contribution is -0.0362. The first-order valence-corrected chi connectivity index (χ1v) is 17.7. The van der Waals surface area contributed by atoms with Crippen LogP contribution in [-0.2, 0) is 13.8 Å². The van der Waals surface area contributed by atoms with E-state index in [0.717, 1.165) is 48.9 Å².